The minimum absolute atomic E-state index is 0.0107. The summed E-state index contributed by atoms with van der Waals surface area (Å²) in [5.41, 5.74) is 5.19. The molecule has 2 unspecified atom stereocenters. The molecule has 0 saturated heterocycles. The zero-order valence-electron chi connectivity index (χ0n) is 7.82. The highest BCUT2D eigenvalue weighted by Crippen LogP contribution is 1.99. The molecule has 0 aromatic heterocycles. The van der Waals surface area contributed by atoms with Crippen molar-refractivity contribution in [3.63, 3.8) is 0 Å². The van der Waals surface area contributed by atoms with Crippen molar-refractivity contribution in [2.45, 2.75) is 31.9 Å². The van der Waals surface area contributed by atoms with E-state index in [0.717, 1.165) is 0 Å². The largest absolute Gasteiger partial charge is 0.409 e. The Morgan fingerprint density at radius 1 is 1.57 bits per heavy atom. The summed E-state index contributed by atoms with van der Waals surface area (Å²) >= 11 is 0. The number of nitrogens with one attached hydrogen (secondary N) is 1. The van der Waals surface area contributed by atoms with Crippen LogP contribution in [0.5, 0.6) is 0 Å². The number of hydrogen-bond donors (Lipinski definition) is 4. The minimum Gasteiger partial charge on any atom is -0.409 e. The third kappa shape index (κ3) is 5.65. The molecule has 5 nitrogen and oxygen atoms in total. The zero-order chi connectivity index (χ0) is 11.1. The van der Waals surface area contributed by atoms with Crippen LogP contribution in [0.3, 0.4) is 0 Å². The maximum atomic E-state index is 11.8. The Bertz CT molecular complexity index is 190. The van der Waals surface area contributed by atoms with Gasteiger partial charge in [-0.05, 0) is 6.92 Å². The monoisotopic (exact) mass is 211 g/mol. The first-order valence-electron chi connectivity index (χ1n) is 4.13. The lowest BCUT2D eigenvalue weighted by Gasteiger charge is -2.15. The molecule has 0 bridgehead atoms. The van der Waals surface area contributed by atoms with E-state index in [9.17, 15) is 8.78 Å². The molecular weight excluding hydrogens is 196 g/mol. The maximum absolute atomic E-state index is 11.8. The van der Waals surface area contributed by atoms with Gasteiger partial charge in [0.05, 0.1) is 0 Å². The molecule has 0 aromatic rings. The number of nitrogens with two attached hydrogens (primary N) is 1. The standard InChI is InChI=1S/C7H15F2N3O2/c1-4(2-6(10)12-14)11-3-5(13)7(8)9/h4-5,7,11,13-14H,2-3H2,1H3,(H2,10,12). The van der Waals surface area contributed by atoms with Crippen LogP contribution in [-0.4, -0.2) is 41.3 Å². The van der Waals surface area contributed by atoms with Crippen molar-refractivity contribution in [1.29, 1.82) is 0 Å². The molecule has 0 heterocycles. The second kappa shape index (κ2) is 6.50. The van der Waals surface area contributed by atoms with Gasteiger partial charge in [-0.1, -0.05) is 5.16 Å². The lowest BCUT2D eigenvalue weighted by Crippen LogP contribution is -2.39. The van der Waals surface area contributed by atoms with Crippen LogP contribution < -0.4 is 11.1 Å². The van der Waals surface area contributed by atoms with Crippen LogP contribution >= 0.6 is 0 Å². The number of aliphatic hydroxyl groups is 1. The van der Waals surface area contributed by atoms with Crippen LogP contribution in [0, 0.1) is 0 Å². The van der Waals surface area contributed by atoms with Gasteiger partial charge in [-0.3, -0.25) is 0 Å². The minimum atomic E-state index is -2.77. The molecule has 0 aliphatic heterocycles. The highest BCUT2D eigenvalue weighted by atomic mass is 19.3. The fourth-order valence-electron chi connectivity index (χ4n) is 0.838. The van der Waals surface area contributed by atoms with Crippen LogP contribution in [0.4, 0.5) is 8.78 Å². The first kappa shape index (κ1) is 13.1. The van der Waals surface area contributed by atoms with E-state index in [4.69, 9.17) is 16.0 Å². The number of aliphatic hydroxyl groups excluding tert-OH is 1. The summed E-state index contributed by atoms with van der Waals surface area (Å²) in [5.74, 6) is 0.0107. The molecule has 5 N–H and O–H groups in total. The second-order valence-corrected chi connectivity index (χ2v) is 3.01. The molecule has 7 heteroatoms. The number of alkyl halides is 2. The molecule has 0 rings (SSSR count). The Morgan fingerprint density at radius 3 is 2.57 bits per heavy atom. The lowest BCUT2D eigenvalue weighted by molar-refractivity contribution is -0.00426. The number of hydrogen-bond acceptors (Lipinski definition) is 4. The van der Waals surface area contributed by atoms with E-state index >= 15 is 0 Å². The Hall–Kier alpha value is -0.950. The van der Waals surface area contributed by atoms with Gasteiger partial charge in [-0.25, -0.2) is 8.78 Å². The third-order valence-electron chi connectivity index (χ3n) is 1.61. The molecule has 2 atom stereocenters. The molecule has 0 saturated carbocycles. The molecule has 14 heavy (non-hydrogen) atoms. The number of halogens is 2. The van der Waals surface area contributed by atoms with Crippen molar-refractivity contribution in [1.82, 2.24) is 5.32 Å². The van der Waals surface area contributed by atoms with Crippen molar-refractivity contribution in [3.05, 3.63) is 0 Å². The molecule has 0 amide bonds. The van der Waals surface area contributed by atoms with Gasteiger partial charge in [0.1, 0.15) is 11.9 Å². The van der Waals surface area contributed by atoms with Gasteiger partial charge in [0.2, 0.25) is 0 Å². The van der Waals surface area contributed by atoms with E-state index in [1.165, 1.54) is 0 Å². The summed E-state index contributed by atoms with van der Waals surface area (Å²) in [7, 11) is 0. The summed E-state index contributed by atoms with van der Waals surface area (Å²) in [6, 6.07) is -0.237. The van der Waals surface area contributed by atoms with Crippen LogP contribution in [0.1, 0.15) is 13.3 Å². The fraction of sp³-hybridized carbons (Fsp3) is 0.857. The summed E-state index contributed by atoms with van der Waals surface area (Å²) in [6.45, 7) is 1.45. The predicted molar refractivity (Wildman–Crippen MR) is 47.5 cm³/mol. The quantitative estimate of drug-likeness (QED) is 0.210. The number of oxime groups is 1. The van der Waals surface area contributed by atoms with Gasteiger partial charge in [0.25, 0.3) is 6.43 Å². The normalized spacial score (nSPS) is 17.1. The summed E-state index contributed by atoms with van der Waals surface area (Å²) < 4.78 is 23.7. The van der Waals surface area contributed by atoms with Gasteiger partial charge in [0.15, 0.2) is 0 Å². The third-order valence-corrected chi connectivity index (χ3v) is 1.61. The zero-order valence-corrected chi connectivity index (χ0v) is 7.82. The Balaban J connectivity index is 3.69. The molecule has 84 valence electrons. The Morgan fingerprint density at radius 2 is 2.14 bits per heavy atom. The highest BCUT2D eigenvalue weighted by Gasteiger charge is 2.17. The number of rotatable bonds is 6. The average molecular weight is 211 g/mol. The molecule has 0 fully saturated rings. The van der Waals surface area contributed by atoms with Crippen molar-refractivity contribution in [3.8, 4) is 0 Å². The van der Waals surface area contributed by atoms with Gasteiger partial charge in [-0.15, -0.1) is 0 Å². The second-order valence-electron chi connectivity index (χ2n) is 3.01. The lowest BCUT2D eigenvalue weighted by atomic mass is 10.2. The topological polar surface area (TPSA) is 90.9 Å². The average Bonchev–Trinajstić information content (AvgIpc) is 2.13. The van der Waals surface area contributed by atoms with E-state index in [-0.39, 0.29) is 24.8 Å². The van der Waals surface area contributed by atoms with Crippen molar-refractivity contribution in [2.75, 3.05) is 6.54 Å². The van der Waals surface area contributed by atoms with Crippen molar-refractivity contribution < 1.29 is 19.1 Å². The molecule has 0 aliphatic carbocycles. The molecule has 0 aromatic carbocycles. The molecular formula is C7H15F2N3O2. The first-order valence-corrected chi connectivity index (χ1v) is 4.13. The van der Waals surface area contributed by atoms with Gasteiger partial charge in [-0.2, -0.15) is 0 Å². The highest BCUT2D eigenvalue weighted by molar-refractivity contribution is 5.80. The number of amidine groups is 1. The van der Waals surface area contributed by atoms with Crippen molar-refractivity contribution in [2.24, 2.45) is 10.9 Å². The Labute approximate surface area is 80.6 Å². The molecule has 0 spiro atoms. The first-order chi connectivity index (χ1) is 6.47. The van der Waals surface area contributed by atoms with Crippen LogP contribution in [0.15, 0.2) is 5.16 Å². The smallest absolute Gasteiger partial charge is 0.265 e. The predicted octanol–water partition coefficient (Wildman–Crippen LogP) is -0.273. The van der Waals surface area contributed by atoms with E-state index in [0.29, 0.717) is 0 Å². The maximum Gasteiger partial charge on any atom is 0.265 e. The van der Waals surface area contributed by atoms with Gasteiger partial charge < -0.3 is 21.4 Å². The van der Waals surface area contributed by atoms with E-state index < -0.39 is 12.5 Å². The van der Waals surface area contributed by atoms with Gasteiger partial charge >= 0.3 is 0 Å². The molecule has 0 radical (unpaired) electrons. The van der Waals surface area contributed by atoms with E-state index in [2.05, 4.69) is 10.5 Å². The van der Waals surface area contributed by atoms with Crippen LogP contribution in [0.25, 0.3) is 0 Å². The fourth-order valence-corrected chi connectivity index (χ4v) is 0.838. The van der Waals surface area contributed by atoms with Gasteiger partial charge in [0, 0.05) is 19.0 Å². The summed E-state index contributed by atoms with van der Waals surface area (Å²) in [6.07, 6.45) is -4.23. The summed E-state index contributed by atoms with van der Waals surface area (Å²) in [4.78, 5) is 0. The summed E-state index contributed by atoms with van der Waals surface area (Å²) in [5, 5.41) is 22.3. The van der Waals surface area contributed by atoms with Crippen LogP contribution in [0.2, 0.25) is 0 Å². The van der Waals surface area contributed by atoms with E-state index in [1.807, 2.05) is 0 Å². The van der Waals surface area contributed by atoms with Crippen molar-refractivity contribution >= 4 is 5.84 Å². The Kier molecular flexibility index (Phi) is 6.06. The molecule has 0 aliphatic rings. The number of nitrogens with zero attached hydrogens (tertiary/aromatic N) is 1. The van der Waals surface area contributed by atoms with E-state index in [1.54, 1.807) is 6.92 Å². The van der Waals surface area contributed by atoms with Crippen LogP contribution in [-0.2, 0) is 0 Å². The SMILES string of the molecule is CC(CC(N)=NO)NCC(O)C(F)F.